The fourth-order valence-electron chi connectivity index (χ4n) is 2.90. The van der Waals surface area contributed by atoms with Crippen molar-refractivity contribution in [3.05, 3.63) is 18.7 Å². The molecule has 0 fully saturated rings. The van der Waals surface area contributed by atoms with E-state index in [0.717, 1.165) is 25.6 Å². The van der Waals surface area contributed by atoms with E-state index in [9.17, 15) is 0 Å². The molecule has 0 aliphatic heterocycles. The van der Waals surface area contributed by atoms with E-state index in [4.69, 9.17) is 13.3 Å². The molecule has 0 saturated heterocycles. The maximum atomic E-state index is 5.91. The predicted molar refractivity (Wildman–Crippen MR) is 98.8 cm³/mol. The van der Waals surface area contributed by atoms with Gasteiger partial charge in [0.25, 0.3) is 0 Å². The van der Waals surface area contributed by atoms with Crippen LogP contribution < -0.4 is 21.5 Å². The monoisotopic (exact) mass is 436 g/mol. The Balaban J connectivity index is 0.00000576. The van der Waals surface area contributed by atoms with Crippen molar-refractivity contribution in [3.8, 4) is 0 Å². The predicted octanol–water partition coefficient (Wildman–Crippen LogP) is 0.798. The van der Waals surface area contributed by atoms with Crippen molar-refractivity contribution in [2.75, 3.05) is 19.8 Å². The fraction of sp³-hybridized carbons (Fsp3) is 0.833. The molecule has 0 bridgehead atoms. The molecule has 0 unspecified atom stereocenters. The minimum atomic E-state index is -2.49. The number of aryl methyl sites for hydroxylation is 2. The van der Waals surface area contributed by atoms with Crippen LogP contribution >= 0.6 is 0 Å². The molecule has 0 aromatic carbocycles. The normalized spacial score (nSPS) is 11.5. The third kappa shape index (κ3) is 9.89. The van der Waals surface area contributed by atoms with E-state index in [1.165, 1.54) is 25.7 Å². The first kappa shape index (κ1) is 24.8. The van der Waals surface area contributed by atoms with Crippen molar-refractivity contribution < 1.29 is 34.8 Å². The first-order valence-corrected chi connectivity index (χ1v) is 11.6. The topological polar surface area (TPSA) is 36.5 Å². The third-order valence-corrected chi connectivity index (χ3v) is 7.16. The van der Waals surface area contributed by atoms with E-state index >= 15 is 0 Å². The summed E-state index contributed by atoms with van der Waals surface area (Å²) in [6.07, 6.45) is 12.7. The van der Waals surface area contributed by atoms with Crippen molar-refractivity contribution in [1.29, 1.82) is 0 Å². The van der Waals surface area contributed by atoms with Crippen molar-refractivity contribution in [2.24, 2.45) is 0 Å². The Labute approximate surface area is 165 Å². The summed E-state index contributed by atoms with van der Waals surface area (Å²) in [5.74, 6) is 0. The largest absolute Gasteiger partial charge is 1.00 e. The van der Waals surface area contributed by atoms with E-state index in [2.05, 4.69) is 34.8 Å². The first-order chi connectivity index (χ1) is 11.7. The van der Waals surface area contributed by atoms with Crippen molar-refractivity contribution in [3.63, 3.8) is 0 Å². The quantitative estimate of drug-likeness (QED) is 0.231. The second-order valence-corrected chi connectivity index (χ2v) is 8.77. The van der Waals surface area contributed by atoms with E-state index in [1.807, 2.05) is 20.8 Å². The second-order valence-electron chi connectivity index (χ2n) is 6.04. The third-order valence-electron chi connectivity index (χ3n) is 4.01. The molecule has 0 N–H and O–H groups in total. The molecule has 1 aromatic heterocycles. The zero-order chi connectivity index (χ0) is 17.7. The van der Waals surface area contributed by atoms with Crippen LogP contribution in [-0.4, -0.2) is 33.2 Å². The van der Waals surface area contributed by atoms with Crippen molar-refractivity contribution in [1.82, 2.24) is 4.57 Å². The lowest BCUT2D eigenvalue weighted by molar-refractivity contribution is -0.696. The number of unbranched alkanes of at least 4 members (excludes halogenated alkanes) is 3. The van der Waals surface area contributed by atoms with Crippen molar-refractivity contribution >= 4 is 8.80 Å². The van der Waals surface area contributed by atoms with Crippen LogP contribution in [0.5, 0.6) is 0 Å². The molecule has 25 heavy (non-hydrogen) atoms. The highest BCUT2D eigenvalue weighted by atomic mass is 79.9. The Morgan fingerprint density at radius 2 is 1.52 bits per heavy atom. The summed E-state index contributed by atoms with van der Waals surface area (Å²) in [5.41, 5.74) is 0. The summed E-state index contributed by atoms with van der Waals surface area (Å²) >= 11 is 0. The molecule has 0 saturated carbocycles. The maximum absolute atomic E-state index is 5.91. The van der Waals surface area contributed by atoms with Gasteiger partial charge in [0.05, 0.1) is 13.1 Å². The Kier molecular flexibility index (Phi) is 14.8. The zero-order valence-corrected chi connectivity index (χ0v) is 19.1. The molecule has 0 amide bonds. The van der Waals surface area contributed by atoms with Gasteiger partial charge in [-0.1, -0.05) is 19.8 Å². The Bertz CT molecular complexity index is 415. The number of nitrogens with zero attached hydrogens (tertiary/aromatic N) is 2. The number of rotatable bonds is 15. The summed E-state index contributed by atoms with van der Waals surface area (Å²) in [4.78, 5) is 0. The molecular formula is C18H37BrN2O3Si. The van der Waals surface area contributed by atoms with Gasteiger partial charge < -0.3 is 30.3 Å². The molecule has 5 nitrogen and oxygen atoms in total. The van der Waals surface area contributed by atoms with Gasteiger partial charge in [-0.05, 0) is 40.0 Å². The highest BCUT2D eigenvalue weighted by Crippen LogP contribution is 2.18. The first-order valence-electron chi connectivity index (χ1n) is 9.66. The molecule has 7 heteroatoms. The molecule has 1 aromatic rings. The van der Waals surface area contributed by atoms with Crippen LogP contribution in [0.2, 0.25) is 6.04 Å². The molecule has 0 radical (unpaired) electrons. The lowest BCUT2D eigenvalue weighted by Crippen LogP contribution is -3.00. The molecule has 0 atom stereocenters. The SMILES string of the molecule is CCCCCCn1cc[n+](CCC[Si](OCC)(OCC)OCC)c1.[Br-]. The molecule has 1 heterocycles. The Morgan fingerprint density at radius 3 is 2.08 bits per heavy atom. The Morgan fingerprint density at radius 1 is 0.880 bits per heavy atom. The average Bonchev–Trinajstić information content (AvgIpc) is 3.00. The summed E-state index contributed by atoms with van der Waals surface area (Å²) in [6, 6.07) is 0.872. The van der Waals surface area contributed by atoms with Gasteiger partial charge in [0.15, 0.2) is 0 Å². The van der Waals surface area contributed by atoms with Gasteiger partial charge >= 0.3 is 8.80 Å². The van der Waals surface area contributed by atoms with Gasteiger partial charge in [0.1, 0.15) is 12.4 Å². The van der Waals surface area contributed by atoms with E-state index in [0.29, 0.717) is 19.8 Å². The molecule has 0 spiro atoms. The lowest BCUT2D eigenvalue weighted by Gasteiger charge is -2.28. The fourth-order valence-corrected chi connectivity index (χ4v) is 5.50. The van der Waals surface area contributed by atoms with E-state index < -0.39 is 8.80 Å². The van der Waals surface area contributed by atoms with E-state index in [-0.39, 0.29) is 17.0 Å². The minimum absolute atomic E-state index is 0. The molecule has 148 valence electrons. The molecule has 0 aliphatic rings. The number of hydrogen-bond acceptors (Lipinski definition) is 3. The standard InChI is InChI=1S/C18H37N2O3Si.BrH/c1-5-9-10-11-13-19-15-16-20(18-19)14-12-17-24(21-6-2,22-7-3)23-8-4;/h15-16,18H,5-14,17H2,1-4H3;1H/q+1;/p-1. The van der Waals surface area contributed by atoms with Gasteiger partial charge in [-0.15, -0.1) is 0 Å². The summed E-state index contributed by atoms with van der Waals surface area (Å²) in [7, 11) is -2.49. The van der Waals surface area contributed by atoms with Crippen LogP contribution in [0.25, 0.3) is 0 Å². The van der Waals surface area contributed by atoms with Crippen LogP contribution in [0.15, 0.2) is 18.7 Å². The number of halogens is 1. The summed E-state index contributed by atoms with van der Waals surface area (Å²) in [6.45, 7) is 12.3. The number of imidazole rings is 1. The minimum Gasteiger partial charge on any atom is -1.00 e. The van der Waals surface area contributed by atoms with Gasteiger partial charge in [-0.25, -0.2) is 9.13 Å². The van der Waals surface area contributed by atoms with Crippen LogP contribution in [0.3, 0.4) is 0 Å². The Hall–Kier alpha value is -0.213. The van der Waals surface area contributed by atoms with Crippen LogP contribution in [0.4, 0.5) is 0 Å². The lowest BCUT2D eigenvalue weighted by atomic mass is 10.2. The summed E-state index contributed by atoms with van der Waals surface area (Å²) in [5, 5.41) is 0. The van der Waals surface area contributed by atoms with Crippen LogP contribution in [-0.2, 0) is 26.4 Å². The van der Waals surface area contributed by atoms with Gasteiger partial charge in [0.2, 0.25) is 6.33 Å². The highest BCUT2D eigenvalue weighted by molar-refractivity contribution is 6.60. The molecule has 1 rings (SSSR count). The second kappa shape index (κ2) is 14.9. The van der Waals surface area contributed by atoms with Crippen LogP contribution in [0, 0.1) is 0 Å². The van der Waals surface area contributed by atoms with Gasteiger partial charge in [0, 0.05) is 25.9 Å². The number of aromatic nitrogens is 2. The molecule has 0 aliphatic carbocycles. The average molecular weight is 437 g/mol. The highest BCUT2D eigenvalue weighted by Gasteiger charge is 2.39. The maximum Gasteiger partial charge on any atom is 0.501 e. The van der Waals surface area contributed by atoms with Gasteiger partial charge in [-0.2, -0.15) is 0 Å². The van der Waals surface area contributed by atoms with E-state index in [1.54, 1.807) is 0 Å². The van der Waals surface area contributed by atoms with Gasteiger partial charge in [-0.3, -0.25) is 0 Å². The van der Waals surface area contributed by atoms with Crippen LogP contribution in [0.1, 0.15) is 59.8 Å². The number of hydrogen-bond donors (Lipinski definition) is 0. The van der Waals surface area contributed by atoms with Crippen molar-refractivity contribution in [2.45, 2.75) is 78.9 Å². The summed E-state index contributed by atoms with van der Waals surface area (Å²) < 4.78 is 22.3. The smallest absolute Gasteiger partial charge is 0.501 e. The zero-order valence-electron chi connectivity index (χ0n) is 16.5. The molecular weight excluding hydrogens is 400 g/mol.